The molecule has 0 atom stereocenters. The molecule has 2 heteroatoms. The van der Waals surface area contributed by atoms with Crippen molar-refractivity contribution in [3.63, 3.8) is 0 Å². The van der Waals surface area contributed by atoms with Gasteiger partial charge < -0.3 is 10.6 Å². The first kappa shape index (κ1) is 22.9. The van der Waals surface area contributed by atoms with Crippen molar-refractivity contribution in [2.45, 2.75) is 0 Å². The summed E-state index contributed by atoms with van der Waals surface area (Å²) < 4.78 is 0. The van der Waals surface area contributed by atoms with Crippen LogP contribution in [0.4, 0.5) is 11.4 Å². The Labute approximate surface area is 203 Å². The molecule has 0 amide bonds. The Morgan fingerprint density at radius 3 is 0.676 bits per heavy atom. The molecule has 0 radical (unpaired) electrons. The van der Waals surface area contributed by atoms with Crippen molar-refractivity contribution in [3.05, 3.63) is 130 Å². The lowest BCUT2D eigenvalue weighted by molar-refractivity contribution is 1.51. The largest absolute Gasteiger partial charge is 0.388 e. The van der Waals surface area contributed by atoms with Gasteiger partial charge in [-0.15, -0.1) is 0 Å². The zero-order valence-electron chi connectivity index (χ0n) is 19.7. The van der Waals surface area contributed by atoms with Gasteiger partial charge in [-0.1, -0.05) is 109 Å². The van der Waals surface area contributed by atoms with Crippen molar-refractivity contribution < 1.29 is 0 Å². The topological polar surface area (TPSA) is 24.1 Å². The molecule has 34 heavy (non-hydrogen) atoms. The summed E-state index contributed by atoms with van der Waals surface area (Å²) in [5.41, 5.74) is 9.36. The van der Waals surface area contributed by atoms with Crippen molar-refractivity contribution in [3.8, 4) is 0 Å². The van der Waals surface area contributed by atoms with Gasteiger partial charge >= 0.3 is 0 Å². The molecular weight excluding hydrogens is 412 g/mol. The normalized spacial score (nSPS) is 11.5. The number of rotatable bonds is 8. The molecular formula is C32H30N2. The summed E-state index contributed by atoms with van der Waals surface area (Å²) in [4.78, 5) is 0. The third kappa shape index (κ3) is 6.60. The van der Waals surface area contributed by atoms with Crippen LogP contribution in [0.25, 0.3) is 36.5 Å². The molecule has 0 heterocycles. The fourth-order valence-corrected chi connectivity index (χ4v) is 3.54. The Kier molecular flexibility index (Phi) is 7.76. The zero-order valence-corrected chi connectivity index (χ0v) is 19.7. The minimum absolute atomic E-state index is 1.12. The summed E-state index contributed by atoms with van der Waals surface area (Å²) in [7, 11) is 3.86. The highest BCUT2D eigenvalue weighted by Gasteiger charge is 1.94. The zero-order chi connectivity index (χ0) is 23.6. The molecule has 0 unspecified atom stereocenters. The molecule has 2 nitrogen and oxygen atoms in total. The molecule has 0 aliphatic rings. The first-order chi connectivity index (χ1) is 16.7. The SMILES string of the molecule is CNc1ccc(C=Cc2ccc(C=Cc3ccc(C=Cc4ccc(NC)cc4)cc3)cc2)cc1. The van der Waals surface area contributed by atoms with Crippen LogP contribution in [0, 0.1) is 0 Å². The van der Waals surface area contributed by atoms with E-state index in [4.69, 9.17) is 0 Å². The molecule has 0 saturated heterocycles. The van der Waals surface area contributed by atoms with Crippen LogP contribution in [0.3, 0.4) is 0 Å². The van der Waals surface area contributed by atoms with Crippen LogP contribution in [0.2, 0.25) is 0 Å². The van der Waals surface area contributed by atoms with E-state index in [9.17, 15) is 0 Å². The van der Waals surface area contributed by atoms with Gasteiger partial charge in [-0.05, 0) is 57.6 Å². The van der Waals surface area contributed by atoms with Crippen LogP contribution < -0.4 is 10.6 Å². The second-order valence-corrected chi connectivity index (χ2v) is 8.08. The van der Waals surface area contributed by atoms with Gasteiger partial charge in [-0.25, -0.2) is 0 Å². The first-order valence-electron chi connectivity index (χ1n) is 11.5. The second-order valence-electron chi connectivity index (χ2n) is 8.08. The molecule has 0 saturated carbocycles. The van der Waals surface area contributed by atoms with Gasteiger partial charge in [0.15, 0.2) is 0 Å². The van der Waals surface area contributed by atoms with E-state index in [1.807, 2.05) is 14.1 Å². The molecule has 4 aromatic rings. The summed E-state index contributed by atoms with van der Waals surface area (Å²) in [5.74, 6) is 0. The summed E-state index contributed by atoms with van der Waals surface area (Å²) in [6.07, 6.45) is 12.9. The standard InChI is InChI=1S/C32H30N2/c1-33-31-21-17-29(18-22-31)15-13-27-9-5-25(6-10-27)3-4-26-7-11-28(12-8-26)14-16-30-19-23-32(34-2)24-20-30/h3-24,33-34H,1-2H3. The van der Waals surface area contributed by atoms with Crippen molar-refractivity contribution in [2.75, 3.05) is 24.7 Å². The van der Waals surface area contributed by atoms with Crippen molar-refractivity contribution >= 4 is 47.8 Å². The minimum Gasteiger partial charge on any atom is -0.388 e. The Morgan fingerprint density at radius 2 is 0.500 bits per heavy atom. The highest BCUT2D eigenvalue weighted by atomic mass is 14.8. The Balaban J connectivity index is 1.33. The fraction of sp³-hybridized carbons (Fsp3) is 0.0625. The van der Waals surface area contributed by atoms with Gasteiger partial charge in [0.1, 0.15) is 0 Å². The Bertz CT molecular complexity index is 1160. The maximum absolute atomic E-state index is 3.14. The van der Waals surface area contributed by atoms with Crippen molar-refractivity contribution in [1.82, 2.24) is 0 Å². The van der Waals surface area contributed by atoms with Gasteiger partial charge in [0.25, 0.3) is 0 Å². The molecule has 0 aromatic heterocycles. The van der Waals surface area contributed by atoms with Gasteiger partial charge in [-0.2, -0.15) is 0 Å². The van der Waals surface area contributed by atoms with Crippen LogP contribution in [-0.2, 0) is 0 Å². The van der Waals surface area contributed by atoms with Gasteiger partial charge in [0.2, 0.25) is 0 Å². The minimum atomic E-state index is 1.12. The second kappa shape index (κ2) is 11.5. The van der Waals surface area contributed by atoms with Gasteiger partial charge in [0.05, 0.1) is 0 Å². The van der Waals surface area contributed by atoms with E-state index in [-0.39, 0.29) is 0 Å². The van der Waals surface area contributed by atoms with E-state index in [1.165, 1.54) is 33.4 Å². The number of hydrogen-bond donors (Lipinski definition) is 2. The summed E-state index contributed by atoms with van der Waals surface area (Å²) >= 11 is 0. The molecule has 2 N–H and O–H groups in total. The van der Waals surface area contributed by atoms with E-state index in [0.29, 0.717) is 0 Å². The van der Waals surface area contributed by atoms with E-state index in [1.54, 1.807) is 0 Å². The van der Waals surface area contributed by atoms with Crippen molar-refractivity contribution in [2.24, 2.45) is 0 Å². The smallest absolute Gasteiger partial charge is 0.0337 e. The lowest BCUT2D eigenvalue weighted by Gasteiger charge is -2.01. The average Bonchev–Trinajstić information content (AvgIpc) is 2.91. The van der Waals surface area contributed by atoms with Crippen LogP contribution >= 0.6 is 0 Å². The highest BCUT2D eigenvalue weighted by molar-refractivity contribution is 5.75. The molecule has 0 bridgehead atoms. The van der Waals surface area contributed by atoms with Crippen LogP contribution in [0.5, 0.6) is 0 Å². The van der Waals surface area contributed by atoms with E-state index in [0.717, 1.165) is 11.4 Å². The lowest BCUT2D eigenvalue weighted by atomic mass is 10.1. The van der Waals surface area contributed by atoms with E-state index in [2.05, 4.69) is 144 Å². The molecule has 4 rings (SSSR count). The lowest BCUT2D eigenvalue weighted by Crippen LogP contribution is -1.86. The third-order valence-corrected chi connectivity index (χ3v) is 5.68. The predicted octanol–water partition coefficient (Wildman–Crippen LogP) is 8.28. The number of benzene rings is 4. The molecule has 0 aliphatic heterocycles. The quantitative estimate of drug-likeness (QED) is 0.268. The molecule has 0 spiro atoms. The molecule has 0 fully saturated rings. The maximum atomic E-state index is 3.14. The van der Waals surface area contributed by atoms with Crippen LogP contribution in [0.15, 0.2) is 97.1 Å². The highest BCUT2D eigenvalue weighted by Crippen LogP contribution is 2.16. The predicted molar refractivity (Wildman–Crippen MR) is 152 cm³/mol. The number of hydrogen-bond acceptors (Lipinski definition) is 2. The third-order valence-electron chi connectivity index (χ3n) is 5.68. The average molecular weight is 443 g/mol. The van der Waals surface area contributed by atoms with Crippen LogP contribution in [0.1, 0.15) is 33.4 Å². The Morgan fingerprint density at radius 1 is 0.324 bits per heavy atom. The van der Waals surface area contributed by atoms with Gasteiger partial charge in [0, 0.05) is 25.5 Å². The summed E-state index contributed by atoms with van der Waals surface area (Å²) in [6.45, 7) is 0. The number of nitrogens with one attached hydrogen (secondary N) is 2. The molecule has 0 aliphatic carbocycles. The number of anilines is 2. The monoisotopic (exact) mass is 442 g/mol. The summed E-state index contributed by atoms with van der Waals surface area (Å²) in [5, 5.41) is 6.28. The van der Waals surface area contributed by atoms with Crippen molar-refractivity contribution in [1.29, 1.82) is 0 Å². The maximum Gasteiger partial charge on any atom is 0.0337 e. The van der Waals surface area contributed by atoms with Crippen LogP contribution in [-0.4, -0.2) is 14.1 Å². The first-order valence-corrected chi connectivity index (χ1v) is 11.5. The van der Waals surface area contributed by atoms with E-state index < -0.39 is 0 Å². The van der Waals surface area contributed by atoms with Gasteiger partial charge in [-0.3, -0.25) is 0 Å². The molecule has 4 aromatic carbocycles. The molecule has 168 valence electrons. The fourth-order valence-electron chi connectivity index (χ4n) is 3.54. The Hall–Kier alpha value is -4.30. The van der Waals surface area contributed by atoms with E-state index >= 15 is 0 Å². The summed E-state index contributed by atoms with van der Waals surface area (Å²) in [6, 6.07) is 34.0.